The zero-order valence-corrected chi connectivity index (χ0v) is 14.5. The maximum Gasteiger partial charge on any atom is 0.242 e. The Kier molecular flexibility index (Phi) is 6.53. The first-order valence-corrected chi connectivity index (χ1v) is 7.46. The van der Waals surface area contributed by atoms with E-state index in [1.807, 2.05) is 18.0 Å². The van der Waals surface area contributed by atoms with E-state index in [4.69, 9.17) is 5.73 Å². The summed E-state index contributed by atoms with van der Waals surface area (Å²) in [5.74, 6) is 0.123. The van der Waals surface area contributed by atoms with Gasteiger partial charge in [-0.05, 0) is 37.8 Å². The molecule has 1 unspecified atom stereocenters. The molecule has 2 aliphatic rings. The van der Waals surface area contributed by atoms with Gasteiger partial charge in [0.1, 0.15) is 0 Å². The SMILES string of the molecule is CN(C(=O)C1(N)CC1)C1CCCN(c2ccccc2)C1.Cl.Cl. The molecular formula is C16H25Cl2N3O. The Balaban J connectivity index is 0.00000121. The highest BCUT2D eigenvalue weighted by Gasteiger charge is 2.48. The van der Waals surface area contributed by atoms with E-state index < -0.39 is 5.54 Å². The number of nitrogens with two attached hydrogens (primary N) is 1. The molecule has 6 heteroatoms. The Hall–Kier alpha value is -0.970. The van der Waals surface area contributed by atoms with Gasteiger partial charge in [0.25, 0.3) is 0 Å². The number of nitrogens with zero attached hydrogens (tertiary/aromatic N) is 2. The maximum absolute atomic E-state index is 12.4. The monoisotopic (exact) mass is 345 g/mol. The summed E-state index contributed by atoms with van der Waals surface area (Å²) in [6, 6.07) is 10.7. The summed E-state index contributed by atoms with van der Waals surface area (Å²) in [5, 5.41) is 0. The highest BCUT2D eigenvalue weighted by atomic mass is 35.5. The van der Waals surface area contributed by atoms with Crippen LogP contribution in [0.15, 0.2) is 30.3 Å². The number of amides is 1. The van der Waals surface area contributed by atoms with Crippen molar-refractivity contribution >= 4 is 36.4 Å². The second-order valence-electron chi connectivity index (χ2n) is 6.15. The number of halogens is 2. The summed E-state index contributed by atoms with van der Waals surface area (Å²) in [5.41, 5.74) is 6.73. The normalized spacial score (nSPS) is 22.1. The lowest BCUT2D eigenvalue weighted by Crippen LogP contribution is -2.53. The van der Waals surface area contributed by atoms with E-state index >= 15 is 0 Å². The Morgan fingerprint density at radius 2 is 1.91 bits per heavy atom. The van der Waals surface area contributed by atoms with Gasteiger partial charge in [-0.25, -0.2) is 0 Å². The molecule has 1 aromatic carbocycles. The van der Waals surface area contributed by atoms with E-state index in [2.05, 4.69) is 29.2 Å². The van der Waals surface area contributed by atoms with E-state index in [0.717, 1.165) is 38.8 Å². The van der Waals surface area contributed by atoms with Crippen molar-refractivity contribution in [2.45, 2.75) is 37.3 Å². The number of para-hydroxylation sites is 1. The maximum atomic E-state index is 12.4. The first-order chi connectivity index (χ1) is 9.60. The van der Waals surface area contributed by atoms with Crippen LogP contribution in [0.25, 0.3) is 0 Å². The average Bonchev–Trinajstić information content (AvgIpc) is 3.26. The Morgan fingerprint density at radius 1 is 1.27 bits per heavy atom. The van der Waals surface area contributed by atoms with Crippen molar-refractivity contribution in [1.82, 2.24) is 4.90 Å². The zero-order chi connectivity index (χ0) is 14.2. The van der Waals surface area contributed by atoms with Crippen LogP contribution in [0.3, 0.4) is 0 Å². The number of carbonyl (C=O) groups excluding carboxylic acids is 1. The Labute approximate surface area is 144 Å². The van der Waals surface area contributed by atoms with E-state index in [1.54, 1.807) is 0 Å². The minimum atomic E-state index is -0.552. The third-order valence-electron chi connectivity index (χ3n) is 4.60. The third kappa shape index (κ3) is 3.86. The molecule has 0 spiro atoms. The van der Waals surface area contributed by atoms with Gasteiger partial charge in [0.05, 0.1) is 5.54 Å². The van der Waals surface area contributed by atoms with Gasteiger partial charge in [-0.1, -0.05) is 18.2 Å². The van der Waals surface area contributed by atoms with Gasteiger partial charge in [-0.15, -0.1) is 24.8 Å². The standard InChI is InChI=1S/C16H23N3O.2ClH/c1-18(15(20)16(17)9-10-16)14-8-5-11-19(12-14)13-6-3-2-4-7-13;;/h2-4,6-7,14H,5,8-12,17H2,1H3;2*1H. The molecule has 1 heterocycles. The zero-order valence-electron chi connectivity index (χ0n) is 12.9. The Bertz CT molecular complexity index is 493. The number of hydrogen-bond acceptors (Lipinski definition) is 3. The first kappa shape index (κ1) is 19.1. The highest BCUT2D eigenvalue weighted by Crippen LogP contribution is 2.35. The molecule has 1 aliphatic carbocycles. The van der Waals surface area contributed by atoms with Gasteiger partial charge in [-0.3, -0.25) is 4.79 Å². The second-order valence-corrected chi connectivity index (χ2v) is 6.15. The molecule has 1 saturated heterocycles. The lowest BCUT2D eigenvalue weighted by atomic mass is 10.0. The van der Waals surface area contributed by atoms with Gasteiger partial charge >= 0.3 is 0 Å². The van der Waals surface area contributed by atoms with Crippen LogP contribution in [0, 0.1) is 0 Å². The van der Waals surface area contributed by atoms with Gasteiger partial charge in [0.2, 0.25) is 5.91 Å². The third-order valence-corrected chi connectivity index (χ3v) is 4.60. The van der Waals surface area contributed by atoms with Gasteiger partial charge in [-0.2, -0.15) is 0 Å². The summed E-state index contributed by atoms with van der Waals surface area (Å²) in [4.78, 5) is 16.6. The van der Waals surface area contributed by atoms with Crippen molar-refractivity contribution in [2.24, 2.45) is 5.73 Å². The minimum absolute atomic E-state index is 0. The molecule has 1 atom stereocenters. The molecule has 2 N–H and O–H groups in total. The van der Waals surface area contributed by atoms with Crippen LogP contribution in [0.5, 0.6) is 0 Å². The molecule has 4 nitrogen and oxygen atoms in total. The number of benzene rings is 1. The smallest absolute Gasteiger partial charge is 0.242 e. The summed E-state index contributed by atoms with van der Waals surface area (Å²) < 4.78 is 0. The highest BCUT2D eigenvalue weighted by molar-refractivity contribution is 5.89. The van der Waals surface area contributed by atoms with Crippen molar-refractivity contribution in [3.63, 3.8) is 0 Å². The van der Waals surface area contributed by atoms with Crippen molar-refractivity contribution in [3.8, 4) is 0 Å². The van der Waals surface area contributed by atoms with Crippen LogP contribution in [0.2, 0.25) is 0 Å². The molecule has 1 aromatic rings. The van der Waals surface area contributed by atoms with Crippen LogP contribution < -0.4 is 10.6 Å². The molecule has 0 bridgehead atoms. The van der Waals surface area contributed by atoms with Crippen molar-refractivity contribution in [3.05, 3.63) is 30.3 Å². The van der Waals surface area contributed by atoms with Crippen LogP contribution in [-0.2, 0) is 4.79 Å². The summed E-state index contributed by atoms with van der Waals surface area (Å²) in [7, 11) is 1.91. The van der Waals surface area contributed by atoms with E-state index in [1.165, 1.54) is 5.69 Å². The van der Waals surface area contributed by atoms with Crippen molar-refractivity contribution in [1.29, 1.82) is 0 Å². The number of likely N-dealkylation sites (N-methyl/N-ethyl adjacent to an activating group) is 1. The molecule has 3 rings (SSSR count). The lowest BCUT2D eigenvalue weighted by molar-refractivity contribution is -0.134. The van der Waals surface area contributed by atoms with Gasteiger partial charge < -0.3 is 15.5 Å². The van der Waals surface area contributed by atoms with E-state index in [9.17, 15) is 4.79 Å². The average molecular weight is 346 g/mol. The molecule has 1 amide bonds. The molecule has 1 saturated carbocycles. The van der Waals surface area contributed by atoms with Crippen LogP contribution in [-0.4, -0.2) is 42.5 Å². The number of carbonyl (C=O) groups is 1. The minimum Gasteiger partial charge on any atom is -0.369 e. The van der Waals surface area contributed by atoms with Crippen molar-refractivity contribution in [2.75, 3.05) is 25.0 Å². The molecule has 2 fully saturated rings. The van der Waals surface area contributed by atoms with E-state index in [-0.39, 0.29) is 36.8 Å². The van der Waals surface area contributed by atoms with Crippen molar-refractivity contribution < 1.29 is 4.79 Å². The van der Waals surface area contributed by atoms with E-state index in [0.29, 0.717) is 0 Å². The molecule has 1 aliphatic heterocycles. The summed E-state index contributed by atoms with van der Waals surface area (Å²) in [6.07, 6.45) is 3.87. The van der Waals surface area contributed by atoms with Crippen LogP contribution >= 0.6 is 24.8 Å². The second kappa shape index (κ2) is 7.53. The van der Waals surface area contributed by atoms with Crippen LogP contribution in [0.4, 0.5) is 5.69 Å². The van der Waals surface area contributed by atoms with Gasteiger partial charge in [0.15, 0.2) is 0 Å². The fourth-order valence-electron chi connectivity index (χ4n) is 3.01. The fraction of sp³-hybridized carbons (Fsp3) is 0.562. The number of hydrogen-bond donors (Lipinski definition) is 1. The topological polar surface area (TPSA) is 49.6 Å². The van der Waals surface area contributed by atoms with Gasteiger partial charge in [0, 0.05) is 31.9 Å². The Morgan fingerprint density at radius 3 is 2.50 bits per heavy atom. The predicted octanol–water partition coefficient (Wildman–Crippen LogP) is 2.45. The first-order valence-electron chi connectivity index (χ1n) is 7.46. The largest absolute Gasteiger partial charge is 0.369 e. The van der Waals surface area contributed by atoms with Crippen LogP contribution in [0.1, 0.15) is 25.7 Å². The molecular weight excluding hydrogens is 321 g/mol. The fourth-order valence-corrected chi connectivity index (χ4v) is 3.01. The number of rotatable bonds is 3. The molecule has 0 aromatic heterocycles. The lowest BCUT2D eigenvalue weighted by Gasteiger charge is -2.39. The predicted molar refractivity (Wildman–Crippen MR) is 95.1 cm³/mol. The number of anilines is 1. The quantitative estimate of drug-likeness (QED) is 0.915. The number of piperidine rings is 1. The molecule has 22 heavy (non-hydrogen) atoms. The molecule has 124 valence electrons. The summed E-state index contributed by atoms with van der Waals surface area (Å²) in [6.45, 7) is 1.97. The summed E-state index contributed by atoms with van der Waals surface area (Å²) >= 11 is 0. The molecule has 0 radical (unpaired) electrons.